The van der Waals surface area contributed by atoms with Crippen molar-refractivity contribution in [1.29, 1.82) is 0 Å². The summed E-state index contributed by atoms with van der Waals surface area (Å²) in [4.78, 5) is 8.46. The molecule has 0 aliphatic heterocycles. The first kappa shape index (κ1) is 12.4. The number of aromatic nitrogens is 5. The lowest BCUT2D eigenvalue weighted by Gasteiger charge is -2.15. The summed E-state index contributed by atoms with van der Waals surface area (Å²) in [6, 6.07) is 8.72. The average molecular weight is 295 g/mol. The molecule has 0 fully saturated rings. The summed E-state index contributed by atoms with van der Waals surface area (Å²) in [7, 11) is 0. The van der Waals surface area contributed by atoms with Crippen molar-refractivity contribution in [2.75, 3.05) is 0 Å². The molecule has 2 heterocycles. The van der Waals surface area contributed by atoms with Crippen LogP contribution in [0.25, 0.3) is 11.5 Å². The molecule has 0 saturated carbocycles. The van der Waals surface area contributed by atoms with Crippen LogP contribution in [0.4, 0.5) is 0 Å². The van der Waals surface area contributed by atoms with E-state index in [0.717, 1.165) is 24.4 Å². The number of rotatable bonds is 2. The number of benzene rings is 1. The van der Waals surface area contributed by atoms with Gasteiger partial charge in [0.2, 0.25) is 0 Å². The Morgan fingerprint density at radius 3 is 3.00 bits per heavy atom. The quantitative estimate of drug-likeness (QED) is 0.738. The molecule has 1 atom stereocenters. The van der Waals surface area contributed by atoms with Crippen LogP contribution < -0.4 is 0 Å². The maximum atomic E-state index is 5.44. The summed E-state index contributed by atoms with van der Waals surface area (Å²) in [6.45, 7) is 0. The molecule has 0 amide bonds. The van der Waals surface area contributed by atoms with E-state index in [0.29, 0.717) is 4.77 Å². The van der Waals surface area contributed by atoms with E-state index in [1.165, 1.54) is 11.1 Å². The minimum absolute atomic E-state index is 0.212. The molecule has 5 nitrogen and oxygen atoms in total. The van der Waals surface area contributed by atoms with Crippen molar-refractivity contribution in [1.82, 2.24) is 24.7 Å². The van der Waals surface area contributed by atoms with E-state index in [4.69, 9.17) is 12.2 Å². The standard InChI is InChI=1S/C15H13N5S/c21-15-19-18-14(12-9-16-7-8-17-12)20(15)13-6-5-10-3-1-2-4-11(10)13/h1-4,7-9,13H,5-6H2,(H,19,21). The van der Waals surface area contributed by atoms with E-state index in [9.17, 15) is 0 Å². The third-order valence-corrected chi connectivity index (χ3v) is 4.20. The predicted molar refractivity (Wildman–Crippen MR) is 81.3 cm³/mol. The van der Waals surface area contributed by atoms with Gasteiger partial charge in [0.25, 0.3) is 0 Å². The summed E-state index contributed by atoms with van der Waals surface area (Å²) in [5.74, 6) is 0.745. The van der Waals surface area contributed by atoms with Crippen molar-refractivity contribution in [3.8, 4) is 11.5 Å². The van der Waals surface area contributed by atoms with E-state index >= 15 is 0 Å². The molecule has 21 heavy (non-hydrogen) atoms. The molecule has 1 aromatic carbocycles. The minimum Gasteiger partial charge on any atom is -0.291 e. The molecule has 1 N–H and O–H groups in total. The van der Waals surface area contributed by atoms with Crippen LogP contribution >= 0.6 is 12.2 Å². The maximum absolute atomic E-state index is 5.44. The number of H-pyrrole nitrogens is 1. The maximum Gasteiger partial charge on any atom is 0.196 e. The molecule has 0 saturated heterocycles. The van der Waals surface area contributed by atoms with Crippen LogP contribution in [0.5, 0.6) is 0 Å². The van der Waals surface area contributed by atoms with Crippen LogP contribution in [-0.2, 0) is 6.42 Å². The molecule has 6 heteroatoms. The van der Waals surface area contributed by atoms with E-state index in [1.54, 1.807) is 18.6 Å². The monoisotopic (exact) mass is 295 g/mol. The van der Waals surface area contributed by atoms with Gasteiger partial charge in [-0.3, -0.25) is 14.6 Å². The van der Waals surface area contributed by atoms with Crippen LogP contribution in [0.3, 0.4) is 0 Å². The summed E-state index contributed by atoms with van der Waals surface area (Å²) in [5, 5.41) is 7.24. The van der Waals surface area contributed by atoms with Gasteiger partial charge >= 0.3 is 0 Å². The second-order valence-corrected chi connectivity index (χ2v) is 5.45. The molecule has 2 aromatic heterocycles. The average Bonchev–Trinajstić information content (AvgIpc) is 3.11. The van der Waals surface area contributed by atoms with Crippen LogP contribution in [-0.4, -0.2) is 24.7 Å². The molecule has 1 aliphatic rings. The highest BCUT2D eigenvalue weighted by molar-refractivity contribution is 7.71. The Hall–Kier alpha value is -2.34. The number of hydrogen-bond acceptors (Lipinski definition) is 4. The summed E-state index contributed by atoms with van der Waals surface area (Å²) < 4.78 is 2.68. The van der Waals surface area contributed by atoms with Crippen LogP contribution in [0.15, 0.2) is 42.9 Å². The molecular weight excluding hydrogens is 282 g/mol. The van der Waals surface area contributed by atoms with Gasteiger partial charge in [-0.05, 0) is 36.2 Å². The topological polar surface area (TPSA) is 59.4 Å². The van der Waals surface area contributed by atoms with Crippen LogP contribution in [0.2, 0.25) is 0 Å². The molecule has 3 aromatic rings. The first-order valence-electron chi connectivity index (χ1n) is 6.85. The molecule has 1 unspecified atom stereocenters. The van der Waals surface area contributed by atoms with Gasteiger partial charge in [-0.1, -0.05) is 24.3 Å². The number of hydrogen-bond donors (Lipinski definition) is 1. The van der Waals surface area contributed by atoms with Gasteiger partial charge in [-0.15, -0.1) is 0 Å². The second kappa shape index (κ2) is 4.89. The Labute approximate surface area is 126 Å². The highest BCUT2D eigenvalue weighted by Crippen LogP contribution is 2.36. The smallest absolute Gasteiger partial charge is 0.196 e. The molecule has 104 valence electrons. The molecule has 1 aliphatic carbocycles. The lowest BCUT2D eigenvalue weighted by molar-refractivity contribution is 0.576. The predicted octanol–water partition coefficient (Wildman–Crippen LogP) is 2.93. The highest BCUT2D eigenvalue weighted by Gasteiger charge is 2.27. The molecule has 0 radical (unpaired) electrons. The van der Waals surface area contributed by atoms with Crippen LogP contribution in [0.1, 0.15) is 23.6 Å². The van der Waals surface area contributed by atoms with Gasteiger partial charge in [0.1, 0.15) is 5.69 Å². The molecule has 0 spiro atoms. The summed E-state index contributed by atoms with van der Waals surface area (Å²) in [6.07, 6.45) is 7.12. The fraction of sp³-hybridized carbons (Fsp3) is 0.200. The fourth-order valence-electron chi connectivity index (χ4n) is 2.99. The zero-order chi connectivity index (χ0) is 14.2. The molecule has 4 rings (SSSR count). The Morgan fingerprint density at radius 1 is 1.24 bits per heavy atom. The number of aryl methyl sites for hydroxylation is 1. The van der Waals surface area contributed by atoms with E-state index in [1.807, 2.05) is 0 Å². The summed E-state index contributed by atoms with van der Waals surface area (Å²) in [5.41, 5.74) is 3.44. The van der Waals surface area contributed by atoms with Gasteiger partial charge < -0.3 is 0 Å². The third kappa shape index (κ3) is 1.99. The van der Waals surface area contributed by atoms with Gasteiger partial charge in [-0.2, -0.15) is 5.10 Å². The Bertz CT molecular complexity index is 837. The Morgan fingerprint density at radius 2 is 2.14 bits per heavy atom. The molecule has 0 bridgehead atoms. The number of nitrogens with zero attached hydrogens (tertiary/aromatic N) is 4. The van der Waals surface area contributed by atoms with Crippen molar-refractivity contribution in [2.24, 2.45) is 0 Å². The van der Waals surface area contributed by atoms with Gasteiger partial charge in [0.05, 0.1) is 12.2 Å². The minimum atomic E-state index is 0.212. The Kier molecular flexibility index (Phi) is 2.89. The van der Waals surface area contributed by atoms with E-state index in [2.05, 4.69) is 49.0 Å². The normalized spacial score (nSPS) is 16.9. The zero-order valence-corrected chi connectivity index (χ0v) is 12.0. The SMILES string of the molecule is S=c1[nH]nc(-c2cnccn2)n1C1CCc2ccccc21. The second-order valence-electron chi connectivity index (χ2n) is 5.07. The van der Waals surface area contributed by atoms with Crippen molar-refractivity contribution < 1.29 is 0 Å². The van der Waals surface area contributed by atoms with Crippen LogP contribution in [0, 0.1) is 4.77 Å². The fourth-order valence-corrected chi connectivity index (χ4v) is 3.25. The number of fused-ring (bicyclic) bond motifs is 1. The number of aromatic amines is 1. The van der Waals surface area contributed by atoms with Crippen molar-refractivity contribution in [3.63, 3.8) is 0 Å². The Balaban J connectivity index is 1.88. The number of nitrogens with one attached hydrogen (secondary N) is 1. The lowest BCUT2D eigenvalue weighted by Crippen LogP contribution is -2.10. The largest absolute Gasteiger partial charge is 0.291 e. The highest BCUT2D eigenvalue weighted by atomic mass is 32.1. The van der Waals surface area contributed by atoms with Gasteiger partial charge in [0, 0.05) is 12.4 Å². The molecular formula is C15H13N5S. The van der Waals surface area contributed by atoms with Gasteiger partial charge in [0.15, 0.2) is 10.6 Å². The summed E-state index contributed by atoms with van der Waals surface area (Å²) >= 11 is 5.44. The first-order chi connectivity index (χ1) is 10.3. The zero-order valence-electron chi connectivity index (χ0n) is 11.2. The van der Waals surface area contributed by atoms with E-state index < -0.39 is 0 Å². The van der Waals surface area contributed by atoms with E-state index in [-0.39, 0.29) is 6.04 Å². The first-order valence-corrected chi connectivity index (χ1v) is 7.26. The van der Waals surface area contributed by atoms with Crippen molar-refractivity contribution >= 4 is 12.2 Å². The van der Waals surface area contributed by atoms with Gasteiger partial charge in [-0.25, -0.2) is 4.98 Å². The van der Waals surface area contributed by atoms with Crippen molar-refractivity contribution in [3.05, 3.63) is 58.8 Å². The third-order valence-electron chi connectivity index (χ3n) is 3.91. The van der Waals surface area contributed by atoms with Crippen molar-refractivity contribution in [2.45, 2.75) is 18.9 Å². The lowest BCUT2D eigenvalue weighted by atomic mass is 10.1.